The number of carboxylic acids is 1. The Morgan fingerprint density at radius 1 is 0.939 bits per heavy atom. The van der Waals surface area contributed by atoms with Gasteiger partial charge in [-0.25, -0.2) is 9.59 Å². The summed E-state index contributed by atoms with van der Waals surface area (Å²) in [7, 11) is 1.62. The number of hydrogen-bond donors (Lipinski definition) is 1. The van der Waals surface area contributed by atoms with Crippen LogP contribution in [-0.2, 0) is 20.0 Å². The van der Waals surface area contributed by atoms with Crippen molar-refractivity contribution in [2.75, 3.05) is 0 Å². The normalized spacial score (nSPS) is 10.6. The summed E-state index contributed by atoms with van der Waals surface area (Å²) >= 11 is 0. The predicted octanol–water partition coefficient (Wildman–Crippen LogP) is 3.35. The van der Waals surface area contributed by atoms with Gasteiger partial charge in [0.25, 0.3) is 5.56 Å². The van der Waals surface area contributed by atoms with Crippen LogP contribution in [0.1, 0.15) is 32.6 Å². The number of carbonyl (C=O) groups is 1. The number of nitrogens with zero attached hydrogens (tertiary/aromatic N) is 2. The first-order chi connectivity index (χ1) is 15.8. The maximum Gasteiger partial charge on any atom is 0.335 e. The molecule has 0 saturated heterocycles. The first kappa shape index (κ1) is 21.8. The summed E-state index contributed by atoms with van der Waals surface area (Å²) in [5, 5.41) is 9.46. The van der Waals surface area contributed by atoms with Gasteiger partial charge in [0.15, 0.2) is 0 Å². The molecule has 3 aromatic carbocycles. The molecule has 0 fully saturated rings. The molecule has 0 spiro atoms. The highest BCUT2D eigenvalue weighted by Gasteiger charge is 2.12. The Morgan fingerprint density at radius 3 is 2.27 bits per heavy atom. The Kier molecular flexibility index (Phi) is 5.97. The van der Waals surface area contributed by atoms with Crippen molar-refractivity contribution in [1.82, 2.24) is 9.13 Å². The highest BCUT2D eigenvalue weighted by molar-refractivity contribution is 5.87. The van der Waals surface area contributed by atoms with E-state index in [2.05, 4.69) is 11.8 Å². The fourth-order valence-corrected chi connectivity index (χ4v) is 3.62. The quantitative estimate of drug-likeness (QED) is 0.496. The topological polar surface area (TPSA) is 81.3 Å². The van der Waals surface area contributed by atoms with Crippen molar-refractivity contribution in [3.8, 4) is 11.8 Å². The third-order valence-electron chi connectivity index (χ3n) is 5.54. The van der Waals surface area contributed by atoms with E-state index in [1.54, 1.807) is 37.4 Å². The molecule has 0 aliphatic carbocycles. The fraction of sp³-hybridized carbons (Fsp3) is 0.148. The summed E-state index contributed by atoms with van der Waals surface area (Å²) in [6.45, 7) is 2.08. The molecule has 6 nitrogen and oxygen atoms in total. The van der Waals surface area contributed by atoms with Crippen LogP contribution in [0.5, 0.6) is 0 Å². The average Bonchev–Trinajstić information content (AvgIpc) is 2.82. The van der Waals surface area contributed by atoms with E-state index in [9.17, 15) is 14.4 Å². The zero-order chi connectivity index (χ0) is 23.5. The van der Waals surface area contributed by atoms with Gasteiger partial charge in [-0.15, -0.1) is 0 Å². The summed E-state index contributed by atoms with van der Waals surface area (Å²) in [6.07, 6.45) is 0.599. The van der Waals surface area contributed by atoms with Crippen LogP contribution in [0.25, 0.3) is 10.9 Å². The lowest BCUT2D eigenvalue weighted by Crippen LogP contribution is -2.39. The van der Waals surface area contributed by atoms with Gasteiger partial charge in [-0.1, -0.05) is 53.8 Å². The van der Waals surface area contributed by atoms with Crippen LogP contribution in [0.3, 0.4) is 0 Å². The smallest absolute Gasteiger partial charge is 0.335 e. The van der Waals surface area contributed by atoms with Gasteiger partial charge in [-0.3, -0.25) is 13.9 Å². The minimum atomic E-state index is -1.03. The van der Waals surface area contributed by atoms with Crippen molar-refractivity contribution in [2.45, 2.75) is 19.9 Å². The minimum absolute atomic E-state index is 0.0463. The number of aromatic carboxylic acids is 1. The largest absolute Gasteiger partial charge is 0.478 e. The van der Waals surface area contributed by atoms with E-state index >= 15 is 0 Å². The van der Waals surface area contributed by atoms with Crippen molar-refractivity contribution >= 4 is 16.9 Å². The van der Waals surface area contributed by atoms with Gasteiger partial charge in [0.2, 0.25) is 0 Å². The number of aryl methyl sites for hydroxylation is 2. The van der Waals surface area contributed by atoms with Crippen LogP contribution in [0.2, 0.25) is 0 Å². The van der Waals surface area contributed by atoms with Crippen molar-refractivity contribution in [2.24, 2.45) is 7.05 Å². The third kappa shape index (κ3) is 4.63. The van der Waals surface area contributed by atoms with Gasteiger partial charge in [-0.2, -0.15) is 0 Å². The molecule has 164 valence electrons. The lowest BCUT2D eigenvalue weighted by Gasteiger charge is -2.11. The van der Waals surface area contributed by atoms with E-state index in [-0.39, 0.29) is 12.1 Å². The first-order valence-electron chi connectivity index (χ1n) is 10.4. The van der Waals surface area contributed by atoms with E-state index in [0.717, 1.165) is 10.1 Å². The van der Waals surface area contributed by atoms with E-state index in [4.69, 9.17) is 5.11 Å². The number of benzene rings is 3. The van der Waals surface area contributed by atoms with Gasteiger partial charge in [0, 0.05) is 19.0 Å². The van der Waals surface area contributed by atoms with Crippen molar-refractivity contribution in [3.05, 3.63) is 115 Å². The Balaban J connectivity index is 1.68. The van der Waals surface area contributed by atoms with Gasteiger partial charge in [0.05, 0.1) is 23.0 Å². The molecular weight excluding hydrogens is 416 g/mol. The minimum Gasteiger partial charge on any atom is -0.478 e. The molecule has 1 N–H and O–H groups in total. The molecular formula is C27H22N2O4. The van der Waals surface area contributed by atoms with Gasteiger partial charge < -0.3 is 5.11 Å². The van der Waals surface area contributed by atoms with Crippen molar-refractivity contribution in [3.63, 3.8) is 0 Å². The molecule has 0 unspecified atom stereocenters. The molecule has 1 aromatic heterocycles. The predicted molar refractivity (Wildman–Crippen MR) is 128 cm³/mol. The van der Waals surface area contributed by atoms with Crippen LogP contribution in [0.4, 0.5) is 0 Å². The average molecular weight is 438 g/mol. The molecule has 0 aliphatic heterocycles. The summed E-state index contributed by atoms with van der Waals surface area (Å²) in [4.78, 5) is 37.0. The second-order valence-corrected chi connectivity index (χ2v) is 7.93. The third-order valence-corrected chi connectivity index (χ3v) is 5.54. The number of hydrogen-bond acceptors (Lipinski definition) is 3. The van der Waals surface area contributed by atoms with Crippen LogP contribution in [0.15, 0.2) is 76.3 Å². The van der Waals surface area contributed by atoms with Crippen LogP contribution < -0.4 is 11.2 Å². The zero-order valence-electron chi connectivity index (χ0n) is 18.3. The lowest BCUT2D eigenvalue weighted by atomic mass is 10.1. The molecule has 0 atom stereocenters. The summed E-state index contributed by atoms with van der Waals surface area (Å²) < 4.78 is 2.59. The van der Waals surface area contributed by atoms with E-state index in [0.29, 0.717) is 28.5 Å². The Bertz CT molecular complexity index is 1530. The number of fused-ring (bicyclic) bond motifs is 1. The number of carboxylic acid groups (broad SMARTS) is 1. The standard InChI is InChI=1S/C27H22N2O4/c1-18-6-8-19(9-7-18)4-3-5-20-12-15-24-23(16-20)25(30)29(27(33)28(24)2)17-21-10-13-22(14-11-21)26(31)32/h6-16H,4,17H2,1-2H3,(H,31,32). The highest BCUT2D eigenvalue weighted by atomic mass is 16.4. The van der Waals surface area contributed by atoms with Gasteiger partial charge in [-0.05, 0) is 48.4 Å². The molecule has 1 heterocycles. The second-order valence-electron chi connectivity index (χ2n) is 7.93. The number of rotatable bonds is 4. The van der Waals surface area contributed by atoms with Crippen LogP contribution in [-0.4, -0.2) is 20.2 Å². The Labute approximate surface area is 190 Å². The SMILES string of the molecule is Cc1ccc(CC#Cc2ccc3c(c2)c(=O)n(Cc2ccc(C(=O)O)cc2)c(=O)n3C)cc1. The molecule has 4 rings (SSSR count). The molecule has 0 radical (unpaired) electrons. The van der Waals surface area contributed by atoms with Crippen LogP contribution >= 0.6 is 0 Å². The molecule has 0 saturated carbocycles. The highest BCUT2D eigenvalue weighted by Crippen LogP contribution is 2.12. The Hall–Kier alpha value is -4.37. The number of aromatic nitrogens is 2. The molecule has 0 amide bonds. The van der Waals surface area contributed by atoms with Gasteiger partial charge in [0.1, 0.15) is 0 Å². The maximum absolute atomic E-state index is 13.2. The van der Waals surface area contributed by atoms with Crippen molar-refractivity contribution < 1.29 is 9.90 Å². The molecule has 33 heavy (non-hydrogen) atoms. The van der Waals surface area contributed by atoms with Crippen molar-refractivity contribution in [1.29, 1.82) is 0 Å². The van der Waals surface area contributed by atoms with E-state index < -0.39 is 17.2 Å². The summed E-state index contributed by atoms with van der Waals surface area (Å²) in [6, 6.07) is 19.5. The summed E-state index contributed by atoms with van der Waals surface area (Å²) in [5.41, 5.74) is 3.51. The maximum atomic E-state index is 13.2. The van der Waals surface area contributed by atoms with Gasteiger partial charge >= 0.3 is 11.7 Å². The lowest BCUT2D eigenvalue weighted by molar-refractivity contribution is 0.0697. The Morgan fingerprint density at radius 2 is 1.61 bits per heavy atom. The van der Waals surface area contributed by atoms with E-state index in [1.807, 2.05) is 31.2 Å². The second kappa shape index (κ2) is 9.01. The summed E-state index contributed by atoms with van der Waals surface area (Å²) in [5.74, 6) is 5.22. The molecule has 6 heteroatoms. The zero-order valence-corrected chi connectivity index (χ0v) is 18.3. The fourth-order valence-electron chi connectivity index (χ4n) is 3.62. The molecule has 4 aromatic rings. The monoisotopic (exact) mass is 438 g/mol. The van der Waals surface area contributed by atoms with Crippen LogP contribution in [0, 0.1) is 18.8 Å². The first-order valence-corrected chi connectivity index (χ1v) is 10.4. The molecule has 0 bridgehead atoms. The van der Waals surface area contributed by atoms with E-state index in [1.165, 1.54) is 22.3 Å². The molecule has 0 aliphatic rings.